The molecule has 2 saturated heterocycles. The van der Waals surface area contributed by atoms with Gasteiger partial charge in [0.2, 0.25) is 17.7 Å². The van der Waals surface area contributed by atoms with Gasteiger partial charge in [0.25, 0.3) is 0 Å². The number of nitrogens with one attached hydrogen (secondary N) is 4. The number of amides is 3. The molecule has 7 heterocycles. The van der Waals surface area contributed by atoms with Crippen molar-refractivity contribution in [3.8, 4) is 0 Å². The highest BCUT2D eigenvalue weighted by Crippen LogP contribution is 2.42. The fourth-order valence-corrected chi connectivity index (χ4v) is 9.94. The Morgan fingerprint density at radius 3 is 2.22 bits per heavy atom. The van der Waals surface area contributed by atoms with Gasteiger partial charge < -0.3 is 30.3 Å². The summed E-state index contributed by atoms with van der Waals surface area (Å²) in [6.07, 6.45) is 5.38. The molecule has 5 N–H and O–H groups in total. The van der Waals surface area contributed by atoms with Gasteiger partial charge in [-0.25, -0.2) is 4.68 Å². The zero-order valence-electron chi connectivity index (χ0n) is 31.9. The molecule has 0 saturated carbocycles. The van der Waals surface area contributed by atoms with Crippen LogP contribution in [0.25, 0.3) is 21.8 Å². The third-order valence-electron chi connectivity index (χ3n) is 12.5. The van der Waals surface area contributed by atoms with Gasteiger partial charge in [-0.1, -0.05) is 41.6 Å². The van der Waals surface area contributed by atoms with E-state index in [4.69, 9.17) is 0 Å². The SMILES string of the molecule is CC1(C)CC(n2cc(CNC(=O)[C@H]3CCCN3C(=O)[C@@H]3Cc4c([nH]c5ccccc45)CN3C(=O)[C@@H]3Cc4c([nH]c5ccccc45)CN3)nn2)CC(C)(C)N1O. The lowest BCUT2D eigenvalue weighted by Crippen LogP contribution is -2.60. The highest BCUT2D eigenvalue weighted by atomic mass is 16.5. The molecule has 0 bridgehead atoms. The molecule has 14 nitrogen and oxygen atoms in total. The van der Waals surface area contributed by atoms with Crippen LogP contribution in [-0.2, 0) is 46.9 Å². The van der Waals surface area contributed by atoms with E-state index in [1.165, 1.54) is 5.06 Å². The Bertz CT molecular complexity index is 2290. The second kappa shape index (κ2) is 13.3. The molecule has 4 aliphatic rings. The lowest BCUT2D eigenvalue weighted by molar-refractivity contribution is -0.249. The van der Waals surface area contributed by atoms with E-state index in [-0.39, 0.29) is 36.9 Å². The van der Waals surface area contributed by atoms with Crippen molar-refractivity contribution in [2.75, 3.05) is 6.54 Å². The van der Waals surface area contributed by atoms with Crippen molar-refractivity contribution in [1.82, 2.24) is 50.5 Å². The Balaban J connectivity index is 0.928. The number of hydrogen-bond donors (Lipinski definition) is 5. The maximum Gasteiger partial charge on any atom is 0.246 e. The molecule has 2 aromatic carbocycles. The van der Waals surface area contributed by atoms with Crippen molar-refractivity contribution < 1.29 is 19.6 Å². The van der Waals surface area contributed by atoms with Crippen LogP contribution in [0.1, 0.15) is 87.6 Å². The minimum atomic E-state index is -0.752. The van der Waals surface area contributed by atoms with Crippen LogP contribution < -0.4 is 10.6 Å². The first-order valence-corrected chi connectivity index (χ1v) is 19.6. The molecule has 288 valence electrons. The zero-order valence-corrected chi connectivity index (χ0v) is 31.9. The summed E-state index contributed by atoms with van der Waals surface area (Å²) in [6.45, 7) is 9.50. The minimum Gasteiger partial charge on any atom is -0.357 e. The van der Waals surface area contributed by atoms with Gasteiger partial charge in [0.1, 0.15) is 17.8 Å². The standard InChI is InChI=1S/C41H50N10O4/c1-40(2)18-25(19-41(3,4)51(40)55)50-22-24(46-47-50)20-43-37(52)35-14-9-15-48(35)39(54)36-17-29-27-11-6-8-13-31(27)45-34(29)23-49(36)38(53)32-16-28-26-10-5-7-12-30(26)44-33(28)21-42-32/h5-8,10-13,22,25,32,35-36,42,44-45,55H,9,14-21,23H2,1-4H3,(H,43,52)/t32-,35+,36-/m0/s1. The normalized spacial score (nSPS) is 23.9. The van der Waals surface area contributed by atoms with Crippen molar-refractivity contribution >= 4 is 39.5 Å². The number of rotatable bonds is 6. The second-order valence-corrected chi connectivity index (χ2v) is 17.2. The number of H-pyrrole nitrogens is 2. The molecular formula is C41H50N10O4. The molecule has 9 rings (SSSR count). The first-order valence-electron chi connectivity index (χ1n) is 19.6. The average Bonchev–Trinajstić information content (AvgIpc) is 3.99. The largest absolute Gasteiger partial charge is 0.357 e. The Morgan fingerprint density at radius 2 is 1.51 bits per heavy atom. The molecule has 3 atom stereocenters. The third kappa shape index (κ3) is 6.20. The molecule has 3 aromatic heterocycles. The molecule has 0 unspecified atom stereocenters. The van der Waals surface area contributed by atoms with Crippen molar-refractivity contribution in [3.63, 3.8) is 0 Å². The first kappa shape index (κ1) is 35.6. The van der Waals surface area contributed by atoms with Crippen molar-refractivity contribution in [1.29, 1.82) is 0 Å². The van der Waals surface area contributed by atoms with Crippen LogP contribution >= 0.6 is 0 Å². The zero-order chi connectivity index (χ0) is 38.2. The van der Waals surface area contributed by atoms with Crippen LogP contribution in [0.4, 0.5) is 0 Å². The summed E-state index contributed by atoms with van der Waals surface area (Å²) < 4.78 is 1.84. The molecule has 0 spiro atoms. The van der Waals surface area contributed by atoms with E-state index in [1.54, 1.807) is 9.80 Å². The third-order valence-corrected chi connectivity index (χ3v) is 12.5. The quantitative estimate of drug-likeness (QED) is 0.173. The van der Waals surface area contributed by atoms with E-state index >= 15 is 0 Å². The summed E-state index contributed by atoms with van der Waals surface area (Å²) in [6, 6.07) is 14.4. The molecule has 5 aromatic rings. The minimum absolute atomic E-state index is 0.0420. The Hall–Kier alpha value is -5.05. The number of nitrogens with zero attached hydrogens (tertiary/aromatic N) is 6. The fraction of sp³-hybridized carbons (Fsp3) is 0.488. The maximum atomic E-state index is 14.8. The number of hydroxylamine groups is 2. The van der Waals surface area contributed by atoms with E-state index in [0.717, 1.165) is 44.3 Å². The smallest absolute Gasteiger partial charge is 0.246 e. The molecular weight excluding hydrogens is 697 g/mol. The van der Waals surface area contributed by atoms with Gasteiger partial charge in [-0.05, 0) is 83.1 Å². The van der Waals surface area contributed by atoms with Crippen LogP contribution in [-0.4, -0.2) is 98.5 Å². The maximum absolute atomic E-state index is 14.8. The summed E-state index contributed by atoms with van der Waals surface area (Å²) in [4.78, 5) is 53.7. The van der Waals surface area contributed by atoms with Gasteiger partial charge in [-0.3, -0.25) is 19.7 Å². The summed E-state index contributed by atoms with van der Waals surface area (Å²) in [5, 5.41) is 29.6. The Labute approximate surface area is 319 Å². The highest BCUT2D eigenvalue weighted by Gasteiger charge is 2.47. The number of hydrogen-bond acceptors (Lipinski definition) is 8. The number of carbonyl (C=O) groups is 3. The predicted molar refractivity (Wildman–Crippen MR) is 206 cm³/mol. The fourth-order valence-electron chi connectivity index (χ4n) is 9.94. The first-order chi connectivity index (χ1) is 26.4. The Kier molecular flexibility index (Phi) is 8.63. The summed E-state index contributed by atoms with van der Waals surface area (Å²) in [7, 11) is 0. The van der Waals surface area contributed by atoms with E-state index in [0.29, 0.717) is 57.3 Å². The van der Waals surface area contributed by atoms with Gasteiger partial charge in [-0.2, -0.15) is 5.06 Å². The van der Waals surface area contributed by atoms with E-state index in [9.17, 15) is 19.6 Å². The Morgan fingerprint density at radius 1 is 0.855 bits per heavy atom. The molecule has 0 aliphatic carbocycles. The second-order valence-electron chi connectivity index (χ2n) is 17.2. The number of likely N-dealkylation sites (tertiary alicyclic amines) is 1. The highest BCUT2D eigenvalue weighted by molar-refractivity contribution is 5.96. The average molecular weight is 747 g/mol. The summed E-state index contributed by atoms with van der Waals surface area (Å²) >= 11 is 0. The molecule has 55 heavy (non-hydrogen) atoms. The lowest BCUT2D eigenvalue weighted by Gasteiger charge is -2.51. The monoisotopic (exact) mass is 746 g/mol. The van der Waals surface area contributed by atoms with Gasteiger partial charge in [-0.15, -0.1) is 5.10 Å². The lowest BCUT2D eigenvalue weighted by atomic mass is 9.79. The van der Waals surface area contributed by atoms with Crippen LogP contribution in [0.2, 0.25) is 0 Å². The van der Waals surface area contributed by atoms with Gasteiger partial charge in [0.15, 0.2) is 0 Å². The number of para-hydroxylation sites is 2. The van der Waals surface area contributed by atoms with Crippen LogP contribution in [0.5, 0.6) is 0 Å². The van der Waals surface area contributed by atoms with Crippen molar-refractivity contribution in [2.45, 2.75) is 121 Å². The molecule has 0 radical (unpaired) electrons. The van der Waals surface area contributed by atoms with Crippen molar-refractivity contribution in [3.05, 3.63) is 82.9 Å². The van der Waals surface area contributed by atoms with Gasteiger partial charge in [0, 0.05) is 63.8 Å². The van der Waals surface area contributed by atoms with E-state index in [2.05, 4.69) is 49.1 Å². The predicted octanol–water partition coefficient (Wildman–Crippen LogP) is 4.10. The number of aromatic nitrogens is 5. The number of benzene rings is 2. The van der Waals surface area contributed by atoms with Gasteiger partial charge >= 0.3 is 0 Å². The van der Waals surface area contributed by atoms with Crippen LogP contribution in [0, 0.1) is 0 Å². The number of piperidine rings is 1. The molecule has 4 aliphatic heterocycles. The van der Waals surface area contributed by atoms with Crippen LogP contribution in [0.3, 0.4) is 0 Å². The summed E-state index contributed by atoms with van der Waals surface area (Å²) in [5.41, 5.74) is 6.00. The van der Waals surface area contributed by atoms with Gasteiger partial charge in [0.05, 0.1) is 31.4 Å². The number of aromatic amines is 2. The van der Waals surface area contributed by atoms with E-state index in [1.807, 2.05) is 68.9 Å². The number of fused-ring (bicyclic) bond motifs is 6. The molecule has 14 heteroatoms. The topological polar surface area (TPSA) is 168 Å². The van der Waals surface area contributed by atoms with E-state index < -0.39 is 29.2 Å². The summed E-state index contributed by atoms with van der Waals surface area (Å²) in [5.74, 6) is -0.547. The number of carbonyl (C=O) groups excluding carboxylic acids is 3. The van der Waals surface area contributed by atoms with Crippen LogP contribution in [0.15, 0.2) is 54.7 Å². The van der Waals surface area contributed by atoms with Crippen molar-refractivity contribution in [2.24, 2.45) is 0 Å². The molecule has 2 fully saturated rings. The molecule has 3 amide bonds.